The third-order valence-corrected chi connectivity index (χ3v) is 3.48. The van der Waals surface area contributed by atoms with Gasteiger partial charge in [-0.3, -0.25) is 0 Å². The van der Waals surface area contributed by atoms with E-state index in [4.69, 9.17) is 4.74 Å². The number of hydrogen-bond donors (Lipinski definition) is 2. The molecule has 1 aromatic carbocycles. The fraction of sp³-hybridized carbons (Fsp3) is 0.267. The van der Waals surface area contributed by atoms with E-state index in [-0.39, 0.29) is 12.4 Å². The molecule has 1 aliphatic rings. The summed E-state index contributed by atoms with van der Waals surface area (Å²) in [5.74, 6) is 0.249. The normalized spacial score (nSPS) is 16.9. The summed E-state index contributed by atoms with van der Waals surface area (Å²) >= 11 is 0. The fourth-order valence-electron chi connectivity index (χ4n) is 2.57. The summed E-state index contributed by atoms with van der Waals surface area (Å²) in [5, 5.41) is 17.0. The number of nitrogens with zero attached hydrogens (tertiary/aromatic N) is 3. The van der Waals surface area contributed by atoms with Gasteiger partial charge in [-0.05, 0) is 31.5 Å². The summed E-state index contributed by atoms with van der Waals surface area (Å²) in [7, 11) is 0. The number of nitrogens with one attached hydrogen (secondary N) is 1. The molecule has 0 fully saturated rings. The van der Waals surface area contributed by atoms with Gasteiger partial charge in [0, 0.05) is 5.70 Å². The maximum absolute atomic E-state index is 12.4. The minimum Gasteiger partial charge on any atom is -0.508 e. The van der Waals surface area contributed by atoms with Crippen LogP contribution >= 0.6 is 0 Å². The van der Waals surface area contributed by atoms with Crippen LogP contribution in [0.3, 0.4) is 0 Å². The molecule has 22 heavy (non-hydrogen) atoms. The molecule has 7 heteroatoms. The van der Waals surface area contributed by atoms with Crippen molar-refractivity contribution in [2.45, 2.75) is 19.9 Å². The molecule has 0 saturated carbocycles. The Morgan fingerprint density at radius 3 is 3.05 bits per heavy atom. The van der Waals surface area contributed by atoms with E-state index in [9.17, 15) is 9.90 Å². The third kappa shape index (κ3) is 2.30. The molecule has 0 aliphatic carbocycles. The quantitative estimate of drug-likeness (QED) is 0.841. The minimum atomic E-state index is -0.495. The van der Waals surface area contributed by atoms with Crippen LogP contribution in [0, 0.1) is 0 Å². The zero-order valence-corrected chi connectivity index (χ0v) is 12.3. The molecule has 0 saturated heterocycles. The molecule has 7 nitrogen and oxygen atoms in total. The predicted molar refractivity (Wildman–Crippen MR) is 79.2 cm³/mol. The average Bonchev–Trinajstić information content (AvgIpc) is 2.93. The number of benzene rings is 1. The van der Waals surface area contributed by atoms with Gasteiger partial charge >= 0.3 is 5.97 Å². The van der Waals surface area contributed by atoms with Crippen molar-refractivity contribution in [2.24, 2.45) is 0 Å². The molecule has 0 bridgehead atoms. The maximum atomic E-state index is 12.4. The van der Waals surface area contributed by atoms with Crippen molar-refractivity contribution in [2.75, 3.05) is 11.9 Å². The molecule has 0 amide bonds. The predicted octanol–water partition coefficient (Wildman–Crippen LogP) is 1.84. The number of allylic oxidation sites excluding steroid dienone is 1. The first kappa shape index (κ1) is 14.1. The van der Waals surface area contributed by atoms with E-state index in [1.807, 2.05) is 6.07 Å². The summed E-state index contributed by atoms with van der Waals surface area (Å²) in [6.45, 7) is 3.83. The minimum absolute atomic E-state index is 0.124. The lowest BCUT2D eigenvalue weighted by Gasteiger charge is -2.28. The van der Waals surface area contributed by atoms with Gasteiger partial charge in [-0.2, -0.15) is 10.1 Å². The van der Waals surface area contributed by atoms with E-state index >= 15 is 0 Å². The second-order valence-electron chi connectivity index (χ2n) is 4.91. The van der Waals surface area contributed by atoms with Gasteiger partial charge < -0.3 is 15.2 Å². The van der Waals surface area contributed by atoms with E-state index in [2.05, 4.69) is 15.4 Å². The highest BCUT2D eigenvalue weighted by Crippen LogP contribution is 2.35. The van der Waals surface area contributed by atoms with Gasteiger partial charge in [-0.15, -0.1) is 0 Å². The molecule has 0 spiro atoms. The van der Waals surface area contributed by atoms with Crippen molar-refractivity contribution in [3.05, 3.63) is 47.4 Å². The number of esters is 1. The van der Waals surface area contributed by atoms with E-state index in [1.54, 1.807) is 36.7 Å². The largest absolute Gasteiger partial charge is 0.508 e. The number of aromatic hydroxyl groups is 1. The van der Waals surface area contributed by atoms with E-state index < -0.39 is 12.0 Å². The number of rotatable bonds is 3. The van der Waals surface area contributed by atoms with Crippen LogP contribution < -0.4 is 5.32 Å². The second-order valence-corrected chi connectivity index (χ2v) is 4.91. The summed E-state index contributed by atoms with van der Waals surface area (Å²) in [6, 6.07) is 6.24. The van der Waals surface area contributed by atoms with Crippen LogP contribution in [0.1, 0.15) is 25.5 Å². The highest BCUT2D eigenvalue weighted by Gasteiger charge is 2.34. The van der Waals surface area contributed by atoms with Crippen molar-refractivity contribution in [1.29, 1.82) is 0 Å². The number of phenolic OH excluding ortho intramolecular Hbond substituents is 1. The molecular weight excluding hydrogens is 284 g/mol. The Labute approximate surface area is 127 Å². The van der Waals surface area contributed by atoms with Gasteiger partial charge in [0.15, 0.2) is 0 Å². The van der Waals surface area contributed by atoms with Crippen molar-refractivity contribution in [1.82, 2.24) is 14.8 Å². The van der Waals surface area contributed by atoms with E-state index in [0.717, 1.165) is 5.56 Å². The lowest BCUT2D eigenvalue weighted by molar-refractivity contribution is -0.139. The van der Waals surface area contributed by atoms with Crippen molar-refractivity contribution in [3.63, 3.8) is 0 Å². The number of aromatic nitrogens is 3. The molecule has 0 unspecified atom stereocenters. The Kier molecular flexibility index (Phi) is 3.54. The number of carbonyl (C=O) groups excluding carboxylic acids is 1. The van der Waals surface area contributed by atoms with Gasteiger partial charge in [-0.1, -0.05) is 12.1 Å². The first-order valence-corrected chi connectivity index (χ1v) is 6.95. The lowest BCUT2D eigenvalue weighted by Crippen LogP contribution is -2.29. The van der Waals surface area contributed by atoms with Gasteiger partial charge in [-0.25, -0.2) is 9.48 Å². The Bertz CT molecular complexity index is 751. The number of ether oxygens (including phenoxy) is 1. The van der Waals surface area contributed by atoms with E-state index in [0.29, 0.717) is 17.2 Å². The van der Waals surface area contributed by atoms with Crippen molar-refractivity contribution >= 4 is 11.9 Å². The molecular formula is C15H16N4O3. The van der Waals surface area contributed by atoms with E-state index in [1.165, 1.54) is 6.33 Å². The molecule has 1 aromatic heterocycles. The zero-order chi connectivity index (χ0) is 15.7. The van der Waals surface area contributed by atoms with Crippen LogP contribution in [0.15, 0.2) is 41.9 Å². The Morgan fingerprint density at radius 1 is 1.50 bits per heavy atom. The fourth-order valence-corrected chi connectivity index (χ4v) is 2.57. The molecule has 114 valence electrons. The molecule has 2 N–H and O–H groups in total. The Hall–Kier alpha value is -2.83. The topological polar surface area (TPSA) is 89.3 Å². The summed E-state index contributed by atoms with van der Waals surface area (Å²) in [5.41, 5.74) is 1.84. The molecule has 1 atom stereocenters. The first-order valence-electron chi connectivity index (χ1n) is 6.95. The smallest absolute Gasteiger partial charge is 0.338 e. The first-order chi connectivity index (χ1) is 10.6. The van der Waals surface area contributed by atoms with Crippen LogP contribution in [0.5, 0.6) is 5.75 Å². The highest BCUT2D eigenvalue weighted by molar-refractivity contribution is 5.92. The number of fused-ring (bicyclic) bond motifs is 1. The van der Waals surface area contributed by atoms with Crippen LogP contribution in [-0.4, -0.2) is 32.4 Å². The molecule has 2 aromatic rings. The number of phenols is 1. The highest BCUT2D eigenvalue weighted by atomic mass is 16.5. The summed E-state index contributed by atoms with van der Waals surface area (Å²) in [6.07, 6.45) is 1.42. The van der Waals surface area contributed by atoms with Gasteiger partial charge in [0.25, 0.3) is 0 Å². The maximum Gasteiger partial charge on any atom is 0.338 e. The SMILES string of the molecule is CCOC(=O)C1=C(C)Nc2ncnn2[C@H]1c1cccc(O)c1. The van der Waals surface area contributed by atoms with Crippen LogP contribution in [0.25, 0.3) is 0 Å². The Morgan fingerprint density at radius 2 is 2.32 bits per heavy atom. The summed E-state index contributed by atoms with van der Waals surface area (Å²) < 4.78 is 6.77. The number of hydrogen-bond acceptors (Lipinski definition) is 6. The van der Waals surface area contributed by atoms with Crippen molar-refractivity contribution < 1.29 is 14.6 Å². The Balaban J connectivity index is 2.15. The molecule has 1 aliphatic heterocycles. The monoisotopic (exact) mass is 300 g/mol. The van der Waals surface area contributed by atoms with Gasteiger partial charge in [0.1, 0.15) is 18.1 Å². The van der Waals surface area contributed by atoms with Crippen LogP contribution in [0.4, 0.5) is 5.95 Å². The molecule has 3 rings (SSSR count). The molecule has 0 radical (unpaired) electrons. The zero-order valence-electron chi connectivity index (χ0n) is 12.3. The van der Waals surface area contributed by atoms with Gasteiger partial charge in [0.05, 0.1) is 12.2 Å². The summed E-state index contributed by atoms with van der Waals surface area (Å²) in [4.78, 5) is 16.5. The van der Waals surface area contributed by atoms with Gasteiger partial charge in [0.2, 0.25) is 5.95 Å². The van der Waals surface area contributed by atoms with Crippen molar-refractivity contribution in [3.8, 4) is 5.75 Å². The van der Waals surface area contributed by atoms with Crippen LogP contribution in [0.2, 0.25) is 0 Å². The second kappa shape index (κ2) is 5.51. The number of carbonyl (C=O) groups is 1. The van der Waals surface area contributed by atoms with Crippen LogP contribution in [-0.2, 0) is 9.53 Å². The molecule has 2 heterocycles. The average molecular weight is 300 g/mol. The third-order valence-electron chi connectivity index (χ3n) is 3.48. The standard InChI is InChI=1S/C15H16N4O3/c1-3-22-14(21)12-9(2)18-15-16-8-17-19(15)13(12)10-5-4-6-11(20)7-10/h4-8,13,20H,3H2,1-2H3,(H,16,17,18)/t13-/m0/s1. The number of anilines is 1. The lowest BCUT2D eigenvalue weighted by atomic mass is 9.95.